The number of aliphatic hydroxyl groups excluding tert-OH is 2. The molecule has 0 bridgehead atoms. The van der Waals surface area contributed by atoms with Gasteiger partial charge in [0, 0.05) is 26.1 Å². The first kappa shape index (κ1) is 7.98. The molecule has 0 aliphatic carbocycles. The molecule has 0 saturated carbocycles. The lowest BCUT2D eigenvalue weighted by Crippen LogP contribution is -2.32. The minimum atomic E-state index is -0.410. The molecule has 0 aromatic carbocycles. The van der Waals surface area contributed by atoms with Crippen LogP contribution in [0.1, 0.15) is 19.3 Å². The molecule has 1 heterocycles. The highest BCUT2D eigenvalue weighted by Gasteiger charge is 2.18. The predicted molar refractivity (Wildman–Crippen MR) is 38.5 cm³/mol. The molecule has 2 N–H and O–H groups in total. The molecule has 0 spiro atoms. The lowest BCUT2D eigenvalue weighted by molar-refractivity contribution is 0.00234. The molecule has 0 aromatic rings. The van der Waals surface area contributed by atoms with Crippen LogP contribution in [0.25, 0.3) is 0 Å². The molecule has 1 rings (SSSR count). The lowest BCUT2D eigenvalue weighted by atomic mass is 10.3. The van der Waals surface area contributed by atoms with E-state index in [2.05, 4.69) is 0 Å². The van der Waals surface area contributed by atoms with E-state index in [0.29, 0.717) is 6.42 Å². The van der Waals surface area contributed by atoms with Crippen LogP contribution in [0.2, 0.25) is 0 Å². The van der Waals surface area contributed by atoms with Crippen LogP contribution in [-0.4, -0.2) is 41.0 Å². The fraction of sp³-hybridized carbons (Fsp3) is 1.00. The summed E-state index contributed by atoms with van der Waals surface area (Å²) in [5.41, 5.74) is 0. The maximum Gasteiger partial charge on any atom is 0.109 e. The van der Waals surface area contributed by atoms with E-state index in [9.17, 15) is 5.11 Å². The lowest BCUT2D eigenvalue weighted by Gasteiger charge is -2.20. The Bertz CT molecular complexity index is 91.6. The van der Waals surface area contributed by atoms with Crippen LogP contribution in [0.5, 0.6) is 0 Å². The molecule has 1 aliphatic heterocycles. The average Bonchev–Trinajstić information content (AvgIpc) is 2.38. The molecule has 1 saturated heterocycles. The van der Waals surface area contributed by atoms with Gasteiger partial charge in [0.2, 0.25) is 0 Å². The fourth-order valence-corrected chi connectivity index (χ4v) is 1.34. The van der Waals surface area contributed by atoms with Gasteiger partial charge in [-0.05, 0) is 12.8 Å². The van der Waals surface area contributed by atoms with E-state index >= 15 is 0 Å². The van der Waals surface area contributed by atoms with Gasteiger partial charge in [0.05, 0.1) is 0 Å². The molecule has 0 aromatic heterocycles. The third-order valence-electron chi connectivity index (χ3n) is 1.95. The van der Waals surface area contributed by atoms with Gasteiger partial charge >= 0.3 is 0 Å². The maximum atomic E-state index is 9.31. The topological polar surface area (TPSA) is 43.7 Å². The molecule has 60 valence electrons. The Hall–Kier alpha value is -0.120. The van der Waals surface area contributed by atoms with Crippen LogP contribution in [0.4, 0.5) is 0 Å². The fourth-order valence-electron chi connectivity index (χ4n) is 1.34. The number of likely N-dealkylation sites (tertiary alicyclic amines) is 1. The van der Waals surface area contributed by atoms with E-state index in [4.69, 9.17) is 5.11 Å². The molecule has 1 aliphatic rings. The van der Waals surface area contributed by atoms with Crippen LogP contribution in [0, 0.1) is 0 Å². The molecular weight excluding hydrogens is 130 g/mol. The summed E-state index contributed by atoms with van der Waals surface area (Å²) in [5.74, 6) is 0. The van der Waals surface area contributed by atoms with Crippen LogP contribution >= 0.6 is 0 Å². The number of rotatable bonds is 3. The van der Waals surface area contributed by atoms with Crippen molar-refractivity contribution in [3.8, 4) is 0 Å². The molecule has 1 atom stereocenters. The van der Waals surface area contributed by atoms with E-state index in [1.54, 1.807) is 0 Å². The highest BCUT2D eigenvalue weighted by Crippen LogP contribution is 2.11. The van der Waals surface area contributed by atoms with Gasteiger partial charge in [0.1, 0.15) is 6.23 Å². The first-order valence-electron chi connectivity index (χ1n) is 3.87. The van der Waals surface area contributed by atoms with E-state index in [-0.39, 0.29) is 6.61 Å². The van der Waals surface area contributed by atoms with E-state index in [1.807, 2.05) is 4.90 Å². The smallest absolute Gasteiger partial charge is 0.109 e. The summed E-state index contributed by atoms with van der Waals surface area (Å²) >= 11 is 0. The number of hydrogen-bond donors (Lipinski definition) is 2. The monoisotopic (exact) mass is 145 g/mol. The minimum Gasteiger partial charge on any atom is -0.396 e. The molecule has 0 amide bonds. The second-order valence-electron chi connectivity index (χ2n) is 2.74. The standard InChI is InChI=1S/C7H15NO2/c9-6-3-7(10)8-4-1-2-5-8/h7,9-10H,1-6H2. The van der Waals surface area contributed by atoms with Gasteiger partial charge in [-0.2, -0.15) is 0 Å². The summed E-state index contributed by atoms with van der Waals surface area (Å²) in [6, 6.07) is 0. The van der Waals surface area contributed by atoms with E-state index < -0.39 is 6.23 Å². The second kappa shape index (κ2) is 3.91. The van der Waals surface area contributed by atoms with Gasteiger partial charge in [-0.25, -0.2) is 0 Å². The van der Waals surface area contributed by atoms with E-state index in [1.165, 1.54) is 12.8 Å². The number of aliphatic hydroxyl groups is 2. The molecule has 3 heteroatoms. The molecular formula is C7H15NO2. The van der Waals surface area contributed by atoms with Gasteiger partial charge in [0.25, 0.3) is 0 Å². The summed E-state index contributed by atoms with van der Waals surface area (Å²) in [5, 5.41) is 17.8. The van der Waals surface area contributed by atoms with Crippen LogP contribution in [0.15, 0.2) is 0 Å². The number of nitrogens with zero attached hydrogens (tertiary/aromatic N) is 1. The van der Waals surface area contributed by atoms with Crippen molar-refractivity contribution in [2.45, 2.75) is 25.5 Å². The molecule has 1 fully saturated rings. The largest absolute Gasteiger partial charge is 0.396 e. The van der Waals surface area contributed by atoms with Gasteiger partial charge in [-0.1, -0.05) is 0 Å². The van der Waals surface area contributed by atoms with Crippen molar-refractivity contribution < 1.29 is 10.2 Å². The highest BCUT2D eigenvalue weighted by atomic mass is 16.3. The third kappa shape index (κ3) is 1.94. The Labute approximate surface area is 61.3 Å². The zero-order valence-corrected chi connectivity index (χ0v) is 6.16. The Kier molecular flexibility index (Phi) is 3.12. The quantitative estimate of drug-likeness (QED) is 0.577. The van der Waals surface area contributed by atoms with Crippen molar-refractivity contribution in [2.75, 3.05) is 19.7 Å². The second-order valence-corrected chi connectivity index (χ2v) is 2.74. The van der Waals surface area contributed by atoms with E-state index in [0.717, 1.165) is 13.1 Å². The SMILES string of the molecule is OCCC(O)N1CCCC1. The average molecular weight is 145 g/mol. The zero-order chi connectivity index (χ0) is 7.40. The predicted octanol–water partition coefficient (Wildman–Crippen LogP) is -0.217. The van der Waals surface area contributed by atoms with Gasteiger partial charge < -0.3 is 10.2 Å². The third-order valence-corrected chi connectivity index (χ3v) is 1.95. The molecule has 10 heavy (non-hydrogen) atoms. The summed E-state index contributed by atoms with van der Waals surface area (Å²) in [7, 11) is 0. The molecule has 1 unspecified atom stereocenters. The summed E-state index contributed by atoms with van der Waals surface area (Å²) < 4.78 is 0. The van der Waals surface area contributed by atoms with Crippen molar-refractivity contribution in [1.82, 2.24) is 4.90 Å². The van der Waals surface area contributed by atoms with Gasteiger partial charge in [-0.15, -0.1) is 0 Å². The van der Waals surface area contributed by atoms with Gasteiger partial charge in [0.15, 0.2) is 0 Å². The summed E-state index contributed by atoms with van der Waals surface area (Å²) in [6.07, 6.45) is 2.44. The van der Waals surface area contributed by atoms with Crippen LogP contribution in [-0.2, 0) is 0 Å². The summed E-state index contributed by atoms with van der Waals surface area (Å²) in [4.78, 5) is 2.01. The number of hydrogen-bond acceptors (Lipinski definition) is 3. The molecule has 3 nitrogen and oxygen atoms in total. The van der Waals surface area contributed by atoms with Crippen LogP contribution in [0.3, 0.4) is 0 Å². The van der Waals surface area contributed by atoms with Crippen molar-refractivity contribution in [3.63, 3.8) is 0 Å². The Balaban J connectivity index is 2.18. The molecule has 0 radical (unpaired) electrons. The Morgan fingerprint density at radius 1 is 1.30 bits per heavy atom. The Morgan fingerprint density at radius 3 is 2.40 bits per heavy atom. The highest BCUT2D eigenvalue weighted by molar-refractivity contribution is 4.68. The van der Waals surface area contributed by atoms with Crippen molar-refractivity contribution in [3.05, 3.63) is 0 Å². The first-order valence-corrected chi connectivity index (χ1v) is 3.87. The Morgan fingerprint density at radius 2 is 1.90 bits per heavy atom. The van der Waals surface area contributed by atoms with Crippen LogP contribution < -0.4 is 0 Å². The summed E-state index contributed by atoms with van der Waals surface area (Å²) in [6.45, 7) is 2.06. The van der Waals surface area contributed by atoms with Gasteiger partial charge in [-0.3, -0.25) is 4.90 Å². The minimum absolute atomic E-state index is 0.0810. The first-order chi connectivity index (χ1) is 4.84. The maximum absolute atomic E-state index is 9.31. The zero-order valence-electron chi connectivity index (χ0n) is 6.16. The normalized spacial score (nSPS) is 23.4. The van der Waals surface area contributed by atoms with Crippen molar-refractivity contribution >= 4 is 0 Å². The van der Waals surface area contributed by atoms with Crippen molar-refractivity contribution in [2.24, 2.45) is 0 Å². The van der Waals surface area contributed by atoms with Crippen molar-refractivity contribution in [1.29, 1.82) is 0 Å².